The molecule has 0 radical (unpaired) electrons. The van der Waals surface area contributed by atoms with Crippen molar-refractivity contribution in [1.29, 1.82) is 0 Å². The number of hydrogen-bond donors (Lipinski definition) is 2. The van der Waals surface area contributed by atoms with Gasteiger partial charge in [-0.1, -0.05) is 18.1 Å². The van der Waals surface area contributed by atoms with Crippen LogP contribution in [-0.4, -0.2) is 34.5 Å². The van der Waals surface area contributed by atoms with Crippen LogP contribution in [0.5, 0.6) is 0 Å². The van der Waals surface area contributed by atoms with Crippen LogP contribution in [0.2, 0.25) is 0 Å². The lowest BCUT2D eigenvalue weighted by Crippen LogP contribution is -2.24. The second kappa shape index (κ2) is 5.35. The van der Waals surface area contributed by atoms with Crippen LogP contribution in [0.25, 0.3) is 0 Å². The summed E-state index contributed by atoms with van der Waals surface area (Å²) in [7, 11) is 2.09. The van der Waals surface area contributed by atoms with Crippen LogP contribution in [0.3, 0.4) is 0 Å². The van der Waals surface area contributed by atoms with Crippen LogP contribution in [-0.2, 0) is 6.54 Å². The van der Waals surface area contributed by atoms with Crippen molar-refractivity contribution in [1.82, 2.24) is 9.88 Å². The summed E-state index contributed by atoms with van der Waals surface area (Å²) in [5.74, 6) is 1.74. The molecule has 1 fully saturated rings. The third-order valence-corrected chi connectivity index (χ3v) is 3.50. The third kappa shape index (κ3) is 2.98. The van der Waals surface area contributed by atoms with E-state index in [-0.39, 0.29) is 5.84 Å². The zero-order valence-corrected chi connectivity index (χ0v) is 10.9. The van der Waals surface area contributed by atoms with E-state index in [0.29, 0.717) is 5.69 Å². The Morgan fingerprint density at radius 1 is 1.67 bits per heavy atom. The fourth-order valence-corrected chi connectivity index (χ4v) is 2.25. The largest absolute Gasteiger partial charge is 0.409 e. The van der Waals surface area contributed by atoms with Gasteiger partial charge in [-0.2, -0.15) is 0 Å². The molecule has 0 amide bonds. The van der Waals surface area contributed by atoms with Crippen LogP contribution in [0.1, 0.15) is 24.6 Å². The molecule has 1 aromatic rings. The minimum absolute atomic E-state index is 0.0683. The number of oxime groups is 1. The number of amidine groups is 1. The third-order valence-electron chi connectivity index (χ3n) is 3.50. The summed E-state index contributed by atoms with van der Waals surface area (Å²) >= 11 is 0. The van der Waals surface area contributed by atoms with E-state index in [1.165, 1.54) is 6.42 Å². The molecule has 98 valence electrons. The molecule has 2 unspecified atom stereocenters. The maximum atomic E-state index is 8.75. The molecule has 1 aliphatic rings. The van der Waals surface area contributed by atoms with Crippen molar-refractivity contribution >= 4 is 5.84 Å². The Balaban J connectivity index is 2.04. The molecule has 18 heavy (non-hydrogen) atoms. The van der Waals surface area contributed by atoms with E-state index in [1.807, 2.05) is 12.1 Å². The van der Waals surface area contributed by atoms with Gasteiger partial charge in [0.2, 0.25) is 0 Å². The zero-order valence-electron chi connectivity index (χ0n) is 10.9. The molecule has 0 spiro atoms. The highest BCUT2D eigenvalue weighted by molar-refractivity contribution is 5.96. The van der Waals surface area contributed by atoms with E-state index in [4.69, 9.17) is 10.9 Å². The minimum atomic E-state index is 0.0683. The number of nitrogens with zero attached hydrogens (tertiary/aromatic N) is 3. The van der Waals surface area contributed by atoms with Crippen molar-refractivity contribution in [3.8, 4) is 0 Å². The summed E-state index contributed by atoms with van der Waals surface area (Å²) < 4.78 is 0. The van der Waals surface area contributed by atoms with E-state index < -0.39 is 0 Å². The zero-order chi connectivity index (χ0) is 13.1. The average molecular weight is 248 g/mol. The highest BCUT2D eigenvalue weighted by atomic mass is 16.4. The highest BCUT2D eigenvalue weighted by Crippen LogP contribution is 2.38. The fourth-order valence-electron chi connectivity index (χ4n) is 2.25. The molecule has 0 saturated heterocycles. The van der Waals surface area contributed by atoms with Crippen LogP contribution in [0, 0.1) is 11.8 Å². The summed E-state index contributed by atoms with van der Waals surface area (Å²) in [5, 5.41) is 11.8. The molecule has 5 nitrogen and oxygen atoms in total. The first-order valence-electron chi connectivity index (χ1n) is 6.22. The van der Waals surface area contributed by atoms with Crippen molar-refractivity contribution in [2.75, 3.05) is 13.6 Å². The van der Waals surface area contributed by atoms with Gasteiger partial charge >= 0.3 is 0 Å². The maximum absolute atomic E-state index is 8.75. The Morgan fingerprint density at radius 3 is 3.00 bits per heavy atom. The lowest BCUT2D eigenvalue weighted by molar-refractivity contribution is 0.306. The Kier molecular flexibility index (Phi) is 3.81. The van der Waals surface area contributed by atoms with Gasteiger partial charge in [-0.3, -0.25) is 4.98 Å². The molecule has 2 rings (SSSR count). The summed E-state index contributed by atoms with van der Waals surface area (Å²) in [6, 6.07) is 3.84. The molecule has 2 atom stereocenters. The smallest absolute Gasteiger partial charge is 0.189 e. The highest BCUT2D eigenvalue weighted by Gasteiger charge is 2.33. The first-order valence-corrected chi connectivity index (χ1v) is 6.22. The Labute approximate surface area is 107 Å². The maximum Gasteiger partial charge on any atom is 0.189 e. The van der Waals surface area contributed by atoms with Gasteiger partial charge in [0.15, 0.2) is 5.84 Å². The Morgan fingerprint density at radius 2 is 2.39 bits per heavy atom. The van der Waals surface area contributed by atoms with E-state index >= 15 is 0 Å². The normalized spacial score (nSPS) is 23.4. The molecule has 1 heterocycles. The Hall–Kier alpha value is -1.62. The van der Waals surface area contributed by atoms with Crippen molar-refractivity contribution in [2.24, 2.45) is 22.7 Å². The number of nitrogens with two attached hydrogens (primary N) is 1. The summed E-state index contributed by atoms with van der Waals surface area (Å²) in [6.07, 6.45) is 2.98. The number of rotatable bonds is 5. The van der Waals surface area contributed by atoms with Gasteiger partial charge in [0.1, 0.15) is 5.69 Å². The predicted molar refractivity (Wildman–Crippen MR) is 70.4 cm³/mol. The van der Waals surface area contributed by atoms with Crippen LogP contribution in [0.15, 0.2) is 23.5 Å². The van der Waals surface area contributed by atoms with Crippen LogP contribution in [0.4, 0.5) is 0 Å². The standard InChI is InChI=1S/C13H20N4O/c1-9-6-11(9)8-17(2)7-10-4-3-5-15-12(10)13(14)16-18/h3-5,9,11,18H,6-8H2,1-2H3,(H2,14,16). The van der Waals surface area contributed by atoms with Gasteiger partial charge in [0, 0.05) is 19.3 Å². The van der Waals surface area contributed by atoms with Gasteiger partial charge in [-0.05, 0) is 36.9 Å². The van der Waals surface area contributed by atoms with Gasteiger partial charge in [0.25, 0.3) is 0 Å². The van der Waals surface area contributed by atoms with E-state index in [0.717, 1.165) is 30.5 Å². The van der Waals surface area contributed by atoms with Gasteiger partial charge < -0.3 is 15.8 Å². The van der Waals surface area contributed by atoms with E-state index in [9.17, 15) is 0 Å². The number of pyridine rings is 1. The van der Waals surface area contributed by atoms with Gasteiger partial charge in [-0.25, -0.2) is 0 Å². The minimum Gasteiger partial charge on any atom is -0.409 e. The molecule has 3 N–H and O–H groups in total. The first kappa shape index (κ1) is 12.8. The summed E-state index contributed by atoms with van der Waals surface area (Å²) in [4.78, 5) is 6.43. The molecule has 1 saturated carbocycles. The summed E-state index contributed by atoms with van der Waals surface area (Å²) in [6.45, 7) is 4.14. The molecule has 0 aromatic carbocycles. The van der Waals surface area contributed by atoms with Crippen molar-refractivity contribution < 1.29 is 5.21 Å². The second-order valence-corrected chi connectivity index (χ2v) is 5.17. The predicted octanol–water partition coefficient (Wildman–Crippen LogP) is 1.26. The van der Waals surface area contributed by atoms with Crippen LogP contribution < -0.4 is 5.73 Å². The SMILES string of the molecule is CC1CC1CN(C)Cc1cccnc1C(N)=NO. The lowest BCUT2D eigenvalue weighted by atomic mass is 10.1. The van der Waals surface area contributed by atoms with Gasteiger partial charge in [-0.15, -0.1) is 0 Å². The average Bonchev–Trinajstić information content (AvgIpc) is 3.04. The molecule has 1 aromatic heterocycles. The van der Waals surface area contributed by atoms with Crippen LogP contribution >= 0.6 is 0 Å². The van der Waals surface area contributed by atoms with Gasteiger partial charge in [0.05, 0.1) is 0 Å². The van der Waals surface area contributed by atoms with Crippen molar-refractivity contribution in [3.05, 3.63) is 29.6 Å². The second-order valence-electron chi connectivity index (χ2n) is 5.17. The molecule has 5 heteroatoms. The van der Waals surface area contributed by atoms with E-state index in [2.05, 4.69) is 29.0 Å². The molecule has 1 aliphatic carbocycles. The first-order chi connectivity index (χ1) is 8.61. The lowest BCUT2D eigenvalue weighted by Gasteiger charge is -2.17. The van der Waals surface area contributed by atoms with Crippen molar-refractivity contribution in [2.45, 2.75) is 19.9 Å². The fraction of sp³-hybridized carbons (Fsp3) is 0.538. The molecule has 0 aliphatic heterocycles. The quantitative estimate of drug-likeness (QED) is 0.356. The van der Waals surface area contributed by atoms with E-state index in [1.54, 1.807) is 6.20 Å². The molecular formula is C13H20N4O. The summed E-state index contributed by atoms with van der Waals surface area (Å²) in [5.41, 5.74) is 7.18. The monoisotopic (exact) mass is 248 g/mol. The number of hydrogen-bond acceptors (Lipinski definition) is 4. The topological polar surface area (TPSA) is 74.7 Å². The van der Waals surface area contributed by atoms with Crippen molar-refractivity contribution in [3.63, 3.8) is 0 Å². The molecule has 0 bridgehead atoms. The molecular weight excluding hydrogens is 228 g/mol. The number of aromatic nitrogens is 1. The Bertz CT molecular complexity index is 446.